The fraction of sp³-hybridized carbons (Fsp3) is 1.00. The van der Waals surface area contributed by atoms with Crippen molar-refractivity contribution in [2.24, 2.45) is 16.7 Å². The zero-order valence-electron chi connectivity index (χ0n) is 14.3. The van der Waals surface area contributed by atoms with E-state index in [0.717, 1.165) is 19.1 Å². The maximum Gasteiger partial charge on any atom is 0.0661 e. The first-order valence-corrected chi connectivity index (χ1v) is 8.77. The predicted molar refractivity (Wildman–Crippen MR) is 86.0 cm³/mol. The van der Waals surface area contributed by atoms with Crippen molar-refractivity contribution < 1.29 is 4.74 Å². The summed E-state index contributed by atoms with van der Waals surface area (Å²) in [6, 6.07) is 0.692. The van der Waals surface area contributed by atoms with Crippen LogP contribution in [0, 0.1) is 16.7 Å². The highest BCUT2D eigenvalue weighted by Crippen LogP contribution is 2.53. The van der Waals surface area contributed by atoms with E-state index in [1.54, 1.807) is 0 Å². The largest absolute Gasteiger partial charge is 0.378 e. The third kappa shape index (κ3) is 3.06. The van der Waals surface area contributed by atoms with Gasteiger partial charge in [0.2, 0.25) is 0 Å². The van der Waals surface area contributed by atoms with Crippen molar-refractivity contribution in [2.75, 3.05) is 13.2 Å². The maximum atomic E-state index is 6.04. The molecule has 0 radical (unpaired) electrons. The van der Waals surface area contributed by atoms with Crippen LogP contribution in [0.15, 0.2) is 0 Å². The van der Waals surface area contributed by atoms with Crippen molar-refractivity contribution in [3.8, 4) is 0 Å². The van der Waals surface area contributed by atoms with Crippen molar-refractivity contribution in [2.45, 2.75) is 85.3 Å². The van der Waals surface area contributed by atoms with Crippen LogP contribution in [-0.4, -0.2) is 25.3 Å². The molecule has 2 aliphatic rings. The predicted octanol–water partition coefficient (Wildman–Crippen LogP) is 4.39. The van der Waals surface area contributed by atoms with E-state index in [0.29, 0.717) is 23.0 Å². The molecular weight excluding hydrogens is 246 g/mol. The summed E-state index contributed by atoms with van der Waals surface area (Å²) in [5.41, 5.74) is 0.841. The third-order valence-electron chi connectivity index (χ3n) is 6.30. The Morgan fingerprint density at radius 2 is 1.85 bits per heavy atom. The number of nitrogens with one attached hydrogen (secondary N) is 1. The zero-order chi connectivity index (χ0) is 14.8. The fourth-order valence-electron chi connectivity index (χ4n) is 3.94. The molecule has 2 heteroatoms. The average Bonchev–Trinajstić information content (AvgIpc) is 2.42. The number of hydrogen-bond donors (Lipinski definition) is 1. The van der Waals surface area contributed by atoms with Gasteiger partial charge in [-0.25, -0.2) is 0 Å². The van der Waals surface area contributed by atoms with Crippen molar-refractivity contribution in [1.82, 2.24) is 5.32 Å². The van der Waals surface area contributed by atoms with Crippen LogP contribution in [0.25, 0.3) is 0 Å². The van der Waals surface area contributed by atoms with Crippen molar-refractivity contribution in [3.63, 3.8) is 0 Å². The SMILES string of the molecule is CCOC1CC(NCC(C)(C)C(C)C)C12CCCCC2. The van der Waals surface area contributed by atoms with Crippen LogP contribution in [-0.2, 0) is 4.74 Å². The van der Waals surface area contributed by atoms with E-state index in [2.05, 4.69) is 39.9 Å². The summed E-state index contributed by atoms with van der Waals surface area (Å²) < 4.78 is 6.04. The monoisotopic (exact) mass is 281 g/mol. The average molecular weight is 281 g/mol. The first-order valence-electron chi connectivity index (χ1n) is 8.77. The molecule has 0 aromatic heterocycles. The second kappa shape index (κ2) is 6.36. The number of ether oxygens (including phenoxy) is 1. The summed E-state index contributed by atoms with van der Waals surface area (Å²) in [6.45, 7) is 13.6. The summed E-state index contributed by atoms with van der Waals surface area (Å²) in [6.07, 6.45) is 8.71. The molecule has 2 rings (SSSR count). The van der Waals surface area contributed by atoms with Gasteiger partial charge in [-0.05, 0) is 37.5 Å². The Hall–Kier alpha value is -0.0800. The standard InChI is InChI=1S/C18H35NO/c1-6-20-16-12-15(18(16)10-8-7-9-11-18)19-13-17(4,5)14(2)3/h14-16,19H,6-13H2,1-5H3. The van der Waals surface area contributed by atoms with Crippen LogP contribution in [0.1, 0.15) is 73.1 Å². The van der Waals surface area contributed by atoms with Crippen LogP contribution in [0.4, 0.5) is 0 Å². The molecule has 2 unspecified atom stereocenters. The lowest BCUT2D eigenvalue weighted by atomic mass is 9.55. The van der Waals surface area contributed by atoms with E-state index < -0.39 is 0 Å². The molecule has 20 heavy (non-hydrogen) atoms. The van der Waals surface area contributed by atoms with Gasteiger partial charge in [0.15, 0.2) is 0 Å². The normalized spacial score (nSPS) is 29.7. The van der Waals surface area contributed by atoms with Crippen LogP contribution in [0.3, 0.4) is 0 Å². The van der Waals surface area contributed by atoms with E-state index >= 15 is 0 Å². The third-order valence-corrected chi connectivity index (χ3v) is 6.30. The van der Waals surface area contributed by atoms with Crippen molar-refractivity contribution in [3.05, 3.63) is 0 Å². The molecule has 118 valence electrons. The summed E-state index contributed by atoms with van der Waals surface area (Å²) >= 11 is 0. The minimum absolute atomic E-state index is 0.382. The molecule has 1 spiro atoms. The quantitative estimate of drug-likeness (QED) is 0.780. The molecule has 2 saturated carbocycles. The molecule has 2 aliphatic carbocycles. The van der Waals surface area contributed by atoms with Crippen LogP contribution in [0.2, 0.25) is 0 Å². The second-order valence-corrected chi connectivity index (χ2v) is 8.05. The fourth-order valence-corrected chi connectivity index (χ4v) is 3.94. The summed E-state index contributed by atoms with van der Waals surface area (Å²) in [5.74, 6) is 0.722. The zero-order valence-corrected chi connectivity index (χ0v) is 14.3. The van der Waals surface area contributed by atoms with E-state index in [9.17, 15) is 0 Å². The highest BCUT2D eigenvalue weighted by atomic mass is 16.5. The van der Waals surface area contributed by atoms with Crippen molar-refractivity contribution in [1.29, 1.82) is 0 Å². The van der Waals surface area contributed by atoms with Gasteiger partial charge >= 0.3 is 0 Å². The first kappa shape index (κ1) is 16.3. The molecule has 0 aromatic carbocycles. The molecular formula is C18H35NO. The Balaban J connectivity index is 1.94. The smallest absolute Gasteiger partial charge is 0.0661 e. The number of hydrogen-bond acceptors (Lipinski definition) is 2. The van der Waals surface area contributed by atoms with Gasteiger partial charge in [0, 0.05) is 24.6 Å². The van der Waals surface area contributed by atoms with Gasteiger partial charge in [0.1, 0.15) is 0 Å². The van der Waals surface area contributed by atoms with Gasteiger partial charge in [-0.15, -0.1) is 0 Å². The molecule has 0 amide bonds. The highest BCUT2D eigenvalue weighted by Gasteiger charge is 2.55. The Morgan fingerprint density at radius 3 is 2.40 bits per heavy atom. The van der Waals surface area contributed by atoms with E-state index in [1.807, 2.05) is 0 Å². The molecule has 0 heterocycles. The van der Waals surface area contributed by atoms with Crippen LogP contribution >= 0.6 is 0 Å². The molecule has 2 nitrogen and oxygen atoms in total. The van der Waals surface area contributed by atoms with Crippen molar-refractivity contribution >= 4 is 0 Å². The molecule has 2 fully saturated rings. The molecule has 0 aromatic rings. The maximum absolute atomic E-state index is 6.04. The highest BCUT2D eigenvalue weighted by molar-refractivity contribution is 5.09. The molecule has 0 bridgehead atoms. The molecule has 0 aliphatic heterocycles. The minimum atomic E-state index is 0.382. The topological polar surface area (TPSA) is 21.3 Å². The second-order valence-electron chi connectivity index (χ2n) is 8.05. The Kier molecular flexibility index (Phi) is 5.18. The van der Waals surface area contributed by atoms with Gasteiger partial charge in [-0.2, -0.15) is 0 Å². The molecule has 1 N–H and O–H groups in total. The van der Waals surface area contributed by atoms with Gasteiger partial charge in [-0.1, -0.05) is 47.0 Å². The van der Waals surface area contributed by atoms with Gasteiger partial charge in [-0.3, -0.25) is 0 Å². The van der Waals surface area contributed by atoms with Crippen LogP contribution < -0.4 is 5.32 Å². The first-order chi connectivity index (χ1) is 9.42. The van der Waals surface area contributed by atoms with Crippen LogP contribution in [0.5, 0.6) is 0 Å². The summed E-state index contributed by atoms with van der Waals surface area (Å²) in [4.78, 5) is 0. The van der Waals surface area contributed by atoms with Gasteiger partial charge < -0.3 is 10.1 Å². The van der Waals surface area contributed by atoms with Gasteiger partial charge in [0.25, 0.3) is 0 Å². The van der Waals surface area contributed by atoms with Gasteiger partial charge in [0.05, 0.1) is 6.10 Å². The summed E-state index contributed by atoms with van der Waals surface area (Å²) in [7, 11) is 0. The lowest BCUT2D eigenvalue weighted by Gasteiger charge is -2.58. The lowest BCUT2D eigenvalue weighted by molar-refractivity contribution is -0.151. The Labute approximate surface area is 126 Å². The van der Waals surface area contributed by atoms with E-state index in [1.165, 1.54) is 38.5 Å². The van der Waals surface area contributed by atoms with E-state index in [4.69, 9.17) is 4.74 Å². The Morgan fingerprint density at radius 1 is 1.20 bits per heavy atom. The lowest BCUT2D eigenvalue weighted by Crippen LogP contribution is -2.65. The molecule has 2 atom stereocenters. The number of rotatable bonds is 6. The van der Waals surface area contributed by atoms with E-state index in [-0.39, 0.29) is 0 Å². The Bertz CT molecular complexity index is 305. The minimum Gasteiger partial charge on any atom is -0.378 e. The molecule has 0 saturated heterocycles. The summed E-state index contributed by atoms with van der Waals surface area (Å²) in [5, 5.41) is 3.91.